The Kier molecular flexibility index (Phi) is 3.19. The second kappa shape index (κ2) is 3.43. The van der Waals surface area contributed by atoms with Crippen molar-refractivity contribution in [1.82, 2.24) is 5.32 Å². The lowest BCUT2D eigenvalue weighted by atomic mass is 10.4. The number of ether oxygens (including phenoxy) is 1. The number of carbonyl (C=O) groups is 1. The van der Waals surface area contributed by atoms with Crippen LogP contribution in [-0.4, -0.2) is 26.2 Å². The van der Waals surface area contributed by atoms with Gasteiger partial charge in [-0.15, -0.1) is 0 Å². The highest BCUT2D eigenvalue weighted by atomic mass is 16.5. The number of rotatable bonds is 2. The van der Waals surface area contributed by atoms with Crippen LogP contribution in [-0.2, 0) is 9.53 Å². The minimum Gasteiger partial charge on any atom is -0.372 e. The molecule has 0 fully saturated rings. The quantitative estimate of drug-likeness (QED) is 0.556. The van der Waals surface area contributed by atoms with Gasteiger partial charge in [0.25, 0.3) is 0 Å². The average Bonchev–Trinajstić information content (AvgIpc) is 1.84. The van der Waals surface area contributed by atoms with E-state index < -0.39 is 0 Å². The maximum Gasteiger partial charge on any atom is 0.248 e. The summed E-state index contributed by atoms with van der Waals surface area (Å²) in [6, 6.07) is 0. The molecule has 0 saturated carbocycles. The van der Waals surface area contributed by atoms with Crippen molar-refractivity contribution in [2.45, 2.75) is 13.0 Å². The molecule has 0 saturated heterocycles. The van der Waals surface area contributed by atoms with E-state index >= 15 is 0 Å². The summed E-state index contributed by atoms with van der Waals surface area (Å²) in [7, 11) is 3.08. The number of methoxy groups -OCH3 is 1. The third-order valence-electron chi connectivity index (χ3n) is 0.969. The summed E-state index contributed by atoms with van der Waals surface area (Å²) in [6.07, 6.45) is -0.333. The van der Waals surface area contributed by atoms with Crippen molar-refractivity contribution in [2.75, 3.05) is 14.2 Å². The Morgan fingerprint density at radius 1 is 1.88 bits per heavy atom. The lowest BCUT2D eigenvalue weighted by Crippen LogP contribution is -2.30. The van der Waals surface area contributed by atoms with E-state index in [-0.39, 0.29) is 13.4 Å². The zero-order chi connectivity index (χ0) is 6.57. The normalized spacial score (nSPS) is 12.9. The van der Waals surface area contributed by atoms with E-state index in [1.807, 2.05) is 0 Å². The molecule has 0 spiro atoms. The van der Waals surface area contributed by atoms with E-state index in [1.54, 1.807) is 14.0 Å². The SMILES string of the molecule is CNC(=O)[C@@H](C)OC.[HH]. The molecule has 0 unspecified atom stereocenters. The Bertz CT molecular complexity index is 87.0. The summed E-state index contributed by atoms with van der Waals surface area (Å²) in [5, 5.41) is 2.45. The van der Waals surface area contributed by atoms with E-state index in [0.717, 1.165) is 0 Å². The zero-order valence-corrected chi connectivity index (χ0v) is 5.39. The molecule has 0 heterocycles. The summed E-state index contributed by atoms with van der Waals surface area (Å²) in [5.74, 6) is -0.0903. The van der Waals surface area contributed by atoms with Crippen LogP contribution in [0.1, 0.15) is 8.35 Å². The molecule has 3 nitrogen and oxygen atoms in total. The van der Waals surface area contributed by atoms with Crippen LogP contribution in [0.5, 0.6) is 0 Å². The number of hydrogen-bond donors (Lipinski definition) is 1. The van der Waals surface area contributed by atoms with E-state index in [2.05, 4.69) is 5.32 Å². The van der Waals surface area contributed by atoms with Crippen LogP contribution in [0.3, 0.4) is 0 Å². The highest BCUT2D eigenvalue weighted by Crippen LogP contribution is 1.83. The fourth-order valence-corrected chi connectivity index (χ4v) is 0.310. The van der Waals surface area contributed by atoms with Gasteiger partial charge in [-0.3, -0.25) is 4.79 Å². The van der Waals surface area contributed by atoms with Crippen molar-refractivity contribution < 1.29 is 11.0 Å². The molecule has 0 aliphatic heterocycles. The van der Waals surface area contributed by atoms with Gasteiger partial charge in [0.1, 0.15) is 6.10 Å². The van der Waals surface area contributed by atoms with E-state index in [9.17, 15) is 4.79 Å². The topological polar surface area (TPSA) is 38.3 Å². The van der Waals surface area contributed by atoms with Crippen LogP contribution in [0, 0.1) is 0 Å². The predicted octanol–water partition coefficient (Wildman–Crippen LogP) is 0.0133. The van der Waals surface area contributed by atoms with Gasteiger partial charge in [0, 0.05) is 15.6 Å². The van der Waals surface area contributed by atoms with Gasteiger partial charge in [-0.25, -0.2) is 0 Å². The molecule has 1 amide bonds. The fraction of sp³-hybridized carbons (Fsp3) is 0.800. The monoisotopic (exact) mass is 119 g/mol. The standard InChI is InChI=1S/C5H11NO2.H2/c1-4(8-3)5(7)6-2;/h4H,1-3H3,(H,6,7);1H/t4-;/m1./s1. The van der Waals surface area contributed by atoms with Crippen molar-refractivity contribution >= 4 is 5.91 Å². The van der Waals surface area contributed by atoms with Gasteiger partial charge in [-0.1, -0.05) is 0 Å². The Hall–Kier alpha value is -0.570. The molecular formula is C5H13NO2. The van der Waals surface area contributed by atoms with Crippen molar-refractivity contribution in [3.8, 4) is 0 Å². The summed E-state index contributed by atoms with van der Waals surface area (Å²) < 4.78 is 4.69. The Balaban J connectivity index is 0. The van der Waals surface area contributed by atoms with E-state index in [1.165, 1.54) is 7.11 Å². The Labute approximate surface area is 50.5 Å². The zero-order valence-electron chi connectivity index (χ0n) is 5.39. The predicted molar refractivity (Wildman–Crippen MR) is 32.7 cm³/mol. The van der Waals surface area contributed by atoms with Gasteiger partial charge in [0.15, 0.2) is 0 Å². The first-order valence-corrected chi connectivity index (χ1v) is 2.46. The number of hydrogen-bond acceptors (Lipinski definition) is 2. The summed E-state index contributed by atoms with van der Waals surface area (Å²) in [6.45, 7) is 1.69. The molecule has 0 aromatic rings. The molecule has 0 aliphatic rings. The van der Waals surface area contributed by atoms with Crippen molar-refractivity contribution in [2.24, 2.45) is 0 Å². The molecule has 0 bridgehead atoms. The first-order valence-electron chi connectivity index (χ1n) is 2.46. The van der Waals surface area contributed by atoms with Crippen molar-refractivity contribution in [3.05, 3.63) is 0 Å². The third kappa shape index (κ3) is 1.93. The lowest BCUT2D eigenvalue weighted by Gasteiger charge is -2.05. The number of carbonyl (C=O) groups excluding carboxylic acids is 1. The minimum atomic E-state index is -0.333. The molecule has 0 aromatic carbocycles. The summed E-state index contributed by atoms with van der Waals surface area (Å²) in [5.41, 5.74) is 0. The van der Waals surface area contributed by atoms with Crippen LogP contribution in [0.2, 0.25) is 0 Å². The smallest absolute Gasteiger partial charge is 0.248 e. The van der Waals surface area contributed by atoms with Crippen LogP contribution < -0.4 is 5.32 Å². The maximum absolute atomic E-state index is 10.5. The second-order valence-electron chi connectivity index (χ2n) is 1.49. The molecule has 0 rings (SSSR count). The minimum absolute atomic E-state index is 0. The highest BCUT2D eigenvalue weighted by Gasteiger charge is 2.06. The van der Waals surface area contributed by atoms with Gasteiger partial charge in [0.2, 0.25) is 5.91 Å². The third-order valence-corrected chi connectivity index (χ3v) is 0.969. The van der Waals surface area contributed by atoms with Gasteiger partial charge in [0.05, 0.1) is 0 Å². The van der Waals surface area contributed by atoms with Gasteiger partial charge >= 0.3 is 0 Å². The maximum atomic E-state index is 10.5. The van der Waals surface area contributed by atoms with Crippen LogP contribution >= 0.6 is 0 Å². The molecule has 0 radical (unpaired) electrons. The van der Waals surface area contributed by atoms with E-state index in [4.69, 9.17) is 4.74 Å². The number of likely N-dealkylation sites (N-methyl/N-ethyl adjacent to an activating group) is 1. The molecule has 0 aliphatic carbocycles. The molecule has 8 heavy (non-hydrogen) atoms. The van der Waals surface area contributed by atoms with Crippen molar-refractivity contribution in [3.63, 3.8) is 0 Å². The molecular weight excluding hydrogens is 106 g/mol. The average molecular weight is 119 g/mol. The number of amides is 1. The summed E-state index contributed by atoms with van der Waals surface area (Å²) >= 11 is 0. The molecule has 3 heteroatoms. The number of nitrogens with one attached hydrogen (secondary N) is 1. The summed E-state index contributed by atoms with van der Waals surface area (Å²) in [4.78, 5) is 10.5. The molecule has 1 atom stereocenters. The second-order valence-corrected chi connectivity index (χ2v) is 1.49. The molecule has 0 aromatic heterocycles. The van der Waals surface area contributed by atoms with Gasteiger partial charge in [-0.05, 0) is 6.92 Å². The molecule has 1 N–H and O–H groups in total. The molecule has 50 valence electrons. The first kappa shape index (κ1) is 7.43. The van der Waals surface area contributed by atoms with Gasteiger partial charge < -0.3 is 10.1 Å². The fourth-order valence-electron chi connectivity index (χ4n) is 0.310. The lowest BCUT2D eigenvalue weighted by molar-refractivity contribution is -0.129. The van der Waals surface area contributed by atoms with Crippen LogP contribution in [0.15, 0.2) is 0 Å². The van der Waals surface area contributed by atoms with Crippen molar-refractivity contribution in [1.29, 1.82) is 0 Å². The first-order chi connectivity index (χ1) is 3.72. The van der Waals surface area contributed by atoms with Crippen LogP contribution in [0.4, 0.5) is 0 Å². The highest BCUT2D eigenvalue weighted by molar-refractivity contribution is 5.79. The Morgan fingerprint density at radius 3 is 2.50 bits per heavy atom. The Morgan fingerprint density at radius 2 is 2.38 bits per heavy atom. The van der Waals surface area contributed by atoms with Crippen LogP contribution in [0.25, 0.3) is 0 Å². The van der Waals surface area contributed by atoms with Gasteiger partial charge in [-0.2, -0.15) is 0 Å². The largest absolute Gasteiger partial charge is 0.372 e. The van der Waals surface area contributed by atoms with E-state index in [0.29, 0.717) is 0 Å².